The molecule has 0 fully saturated rings. The lowest BCUT2D eigenvalue weighted by Crippen LogP contribution is -2.27. The summed E-state index contributed by atoms with van der Waals surface area (Å²) in [5.41, 5.74) is 0.157. The van der Waals surface area contributed by atoms with Crippen LogP contribution in [0.5, 0.6) is 0 Å². The number of hydrogen-bond acceptors (Lipinski definition) is 2. The van der Waals surface area contributed by atoms with Crippen molar-refractivity contribution in [2.45, 2.75) is 53.6 Å². The molecule has 0 radical (unpaired) electrons. The van der Waals surface area contributed by atoms with E-state index in [1.807, 2.05) is 6.92 Å². The van der Waals surface area contributed by atoms with Crippen molar-refractivity contribution < 1.29 is 9.53 Å². The fraction of sp³-hybridized carbons (Fsp3) is 0.909. The van der Waals surface area contributed by atoms with Crippen LogP contribution in [0, 0.1) is 5.41 Å². The van der Waals surface area contributed by atoms with Gasteiger partial charge in [0.15, 0.2) is 5.78 Å². The average Bonchev–Trinajstić information content (AvgIpc) is 1.95. The summed E-state index contributed by atoms with van der Waals surface area (Å²) in [6.07, 6.45) is 1.57. The minimum Gasteiger partial charge on any atom is -0.370 e. The first-order valence-corrected chi connectivity index (χ1v) is 4.99. The van der Waals surface area contributed by atoms with E-state index < -0.39 is 0 Å². The number of Topliss-reactive ketones (excluding diaryl/α,β-unsaturated/α-hetero) is 1. The largest absolute Gasteiger partial charge is 0.370 e. The van der Waals surface area contributed by atoms with Crippen molar-refractivity contribution in [2.24, 2.45) is 5.41 Å². The quantitative estimate of drug-likeness (QED) is 0.660. The molecule has 2 nitrogen and oxygen atoms in total. The normalized spacial score (nSPS) is 14.2. The van der Waals surface area contributed by atoms with Crippen molar-refractivity contribution in [1.29, 1.82) is 0 Å². The van der Waals surface area contributed by atoms with Crippen LogP contribution in [0.3, 0.4) is 0 Å². The molecule has 2 heteroatoms. The van der Waals surface area contributed by atoms with Gasteiger partial charge in [-0.3, -0.25) is 4.79 Å². The summed E-state index contributed by atoms with van der Waals surface area (Å²) in [6.45, 7) is 10.7. The van der Waals surface area contributed by atoms with Gasteiger partial charge in [0.05, 0.1) is 0 Å². The number of carbonyl (C=O) groups is 1. The van der Waals surface area contributed by atoms with Crippen LogP contribution >= 0.6 is 0 Å². The van der Waals surface area contributed by atoms with Crippen LogP contribution < -0.4 is 0 Å². The van der Waals surface area contributed by atoms with Gasteiger partial charge in [0.2, 0.25) is 0 Å². The molecule has 0 rings (SSSR count). The van der Waals surface area contributed by atoms with Crippen molar-refractivity contribution >= 4 is 5.78 Å². The molecule has 0 saturated heterocycles. The van der Waals surface area contributed by atoms with Gasteiger partial charge in [-0.05, 0) is 25.2 Å². The fourth-order valence-electron chi connectivity index (χ4n) is 1.14. The Balaban J connectivity index is 4.03. The maximum atomic E-state index is 11.2. The lowest BCUT2D eigenvalue weighted by Gasteiger charge is -2.24. The predicted octanol–water partition coefficient (Wildman–Crippen LogP) is 2.81. The van der Waals surface area contributed by atoms with Gasteiger partial charge in [-0.2, -0.15) is 0 Å². The van der Waals surface area contributed by atoms with E-state index in [1.165, 1.54) is 0 Å². The monoisotopic (exact) mass is 186 g/mol. The Morgan fingerprint density at radius 3 is 2.23 bits per heavy atom. The molecule has 0 saturated carbocycles. The van der Waals surface area contributed by atoms with E-state index in [-0.39, 0.29) is 17.3 Å². The smallest absolute Gasteiger partial charge is 0.158 e. The Bertz CT molecular complexity index is 156. The molecule has 13 heavy (non-hydrogen) atoms. The van der Waals surface area contributed by atoms with Crippen molar-refractivity contribution in [1.82, 2.24) is 0 Å². The topological polar surface area (TPSA) is 26.3 Å². The summed E-state index contributed by atoms with van der Waals surface area (Å²) in [4.78, 5) is 11.2. The van der Waals surface area contributed by atoms with Crippen molar-refractivity contribution in [3.63, 3.8) is 0 Å². The van der Waals surface area contributed by atoms with Gasteiger partial charge >= 0.3 is 0 Å². The molecule has 0 amide bonds. The number of rotatable bonds is 5. The molecular formula is C11H22O2. The highest BCUT2D eigenvalue weighted by Gasteiger charge is 2.22. The van der Waals surface area contributed by atoms with E-state index in [1.54, 1.807) is 6.92 Å². The van der Waals surface area contributed by atoms with E-state index in [2.05, 4.69) is 20.8 Å². The maximum Gasteiger partial charge on any atom is 0.158 e. The fourth-order valence-corrected chi connectivity index (χ4v) is 1.14. The lowest BCUT2D eigenvalue weighted by atomic mass is 9.88. The standard InChI is InChI=1S/C11H22O2/c1-6-7-13-10(9(2)12)8-11(3,4)5/h10H,6-8H2,1-5H3. The Labute approximate surface area is 81.7 Å². The highest BCUT2D eigenvalue weighted by Crippen LogP contribution is 2.22. The summed E-state index contributed by atoms with van der Waals surface area (Å²) in [5, 5.41) is 0. The van der Waals surface area contributed by atoms with Crippen LogP contribution in [-0.2, 0) is 9.53 Å². The van der Waals surface area contributed by atoms with E-state index in [0.29, 0.717) is 6.61 Å². The average molecular weight is 186 g/mol. The molecule has 78 valence electrons. The maximum absolute atomic E-state index is 11.2. The van der Waals surface area contributed by atoms with Crippen molar-refractivity contribution in [3.05, 3.63) is 0 Å². The minimum absolute atomic E-state index is 0.142. The first-order valence-electron chi connectivity index (χ1n) is 4.99. The molecule has 0 heterocycles. The first-order chi connectivity index (χ1) is 5.87. The van der Waals surface area contributed by atoms with Crippen molar-refractivity contribution in [3.8, 4) is 0 Å². The van der Waals surface area contributed by atoms with Crippen LogP contribution in [-0.4, -0.2) is 18.5 Å². The number of ether oxygens (including phenoxy) is 1. The van der Waals surface area contributed by atoms with Gasteiger partial charge in [0, 0.05) is 6.61 Å². The van der Waals surface area contributed by atoms with Crippen LogP contribution in [0.2, 0.25) is 0 Å². The number of carbonyl (C=O) groups excluding carboxylic acids is 1. The first kappa shape index (κ1) is 12.6. The summed E-state index contributed by atoms with van der Waals surface area (Å²) < 4.78 is 5.48. The molecule has 0 N–H and O–H groups in total. The van der Waals surface area contributed by atoms with E-state index >= 15 is 0 Å². The third-order valence-corrected chi connectivity index (χ3v) is 1.77. The molecule has 0 aromatic rings. The van der Waals surface area contributed by atoms with Gasteiger partial charge < -0.3 is 4.74 Å². The van der Waals surface area contributed by atoms with Crippen LogP contribution in [0.4, 0.5) is 0 Å². The third kappa shape index (κ3) is 6.76. The Morgan fingerprint density at radius 2 is 1.92 bits per heavy atom. The molecular weight excluding hydrogens is 164 g/mol. The van der Waals surface area contributed by atoms with E-state index in [4.69, 9.17) is 4.74 Å². The lowest BCUT2D eigenvalue weighted by molar-refractivity contribution is -0.130. The Kier molecular flexibility index (Phi) is 5.23. The van der Waals surface area contributed by atoms with E-state index in [0.717, 1.165) is 12.8 Å². The second kappa shape index (κ2) is 5.38. The predicted molar refractivity (Wildman–Crippen MR) is 54.8 cm³/mol. The molecule has 0 aliphatic rings. The van der Waals surface area contributed by atoms with Gasteiger partial charge in [0.25, 0.3) is 0 Å². The summed E-state index contributed by atoms with van der Waals surface area (Å²) in [6, 6.07) is 0. The molecule has 0 aromatic heterocycles. The molecule has 0 spiro atoms. The minimum atomic E-state index is -0.208. The van der Waals surface area contributed by atoms with Crippen LogP contribution in [0.1, 0.15) is 47.5 Å². The van der Waals surface area contributed by atoms with Gasteiger partial charge in [0.1, 0.15) is 6.10 Å². The zero-order chi connectivity index (χ0) is 10.5. The van der Waals surface area contributed by atoms with Crippen LogP contribution in [0.25, 0.3) is 0 Å². The summed E-state index contributed by atoms with van der Waals surface area (Å²) >= 11 is 0. The van der Waals surface area contributed by atoms with Gasteiger partial charge in [-0.15, -0.1) is 0 Å². The summed E-state index contributed by atoms with van der Waals surface area (Å²) in [5.74, 6) is 0.142. The third-order valence-electron chi connectivity index (χ3n) is 1.77. The molecule has 1 unspecified atom stereocenters. The van der Waals surface area contributed by atoms with Gasteiger partial charge in [-0.25, -0.2) is 0 Å². The Hall–Kier alpha value is -0.370. The zero-order valence-electron chi connectivity index (χ0n) is 9.52. The molecule has 0 aliphatic heterocycles. The SMILES string of the molecule is CCCOC(CC(C)(C)C)C(C)=O. The molecule has 0 bridgehead atoms. The van der Waals surface area contributed by atoms with E-state index in [9.17, 15) is 4.79 Å². The summed E-state index contributed by atoms with van der Waals surface area (Å²) in [7, 11) is 0. The molecule has 0 aliphatic carbocycles. The molecule has 0 aromatic carbocycles. The zero-order valence-corrected chi connectivity index (χ0v) is 9.52. The van der Waals surface area contributed by atoms with Crippen molar-refractivity contribution in [2.75, 3.05) is 6.61 Å². The Morgan fingerprint density at radius 1 is 1.38 bits per heavy atom. The highest BCUT2D eigenvalue weighted by atomic mass is 16.5. The number of ketones is 1. The molecule has 1 atom stereocenters. The number of hydrogen-bond donors (Lipinski definition) is 0. The second-order valence-electron chi connectivity index (χ2n) is 4.73. The highest BCUT2D eigenvalue weighted by molar-refractivity contribution is 5.80. The van der Waals surface area contributed by atoms with Crippen LogP contribution in [0.15, 0.2) is 0 Å². The second-order valence-corrected chi connectivity index (χ2v) is 4.73. The van der Waals surface area contributed by atoms with Gasteiger partial charge in [-0.1, -0.05) is 27.7 Å².